The Bertz CT molecular complexity index is 403. The van der Waals surface area contributed by atoms with E-state index < -0.39 is 12.1 Å². The van der Waals surface area contributed by atoms with E-state index in [4.69, 9.17) is 10.3 Å². The Morgan fingerprint density at radius 1 is 1.35 bits per heavy atom. The van der Waals surface area contributed by atoms with Crippen molar-refractivity contribution in [2.45, 2.75) is 37.7 Å². The fourth-order valence-electron chi connectivity index (χ4n) is 2.09. The highest BCUT2D eigenvalue weighted by molar-refractivity contribution is 5.13. The summed E-state index contributed by atoms with van der Waals surface area (Å²) in [5.74, 6) is 0. The second kappa shape index (κ2) is 5.68. The number of aliphatic hydroxyl groups is 1. The summed E-state index contributed by atoms with van der Waals surface area (Å²) < 4.78 is 5.70. The normalized spacial score (nSPS) is 27.7. The second-order valence-corrected chi connectivity index (χ2v) is 4.18. The molecular weight excluding hydrogens is 218 g/mol. The summed E-state index contributed by atoms with van der Waals surface area (Å²) in [7, 11) is 0. The van der Waals surface area contributed by atoms with E-state index in [0.717, 1.165) is 12.0 Å². The fraction of sp³-hybridized carbons (Fsp3) is 0.500. The number of ether oxygens (including phenoxy) is 1. The Morgan fingerprint density at radius 3 is 2.82 bits per heavy atom. The van der Waals surface area contributed by atoms with E-state index in [9.17, 15) is 5.11 Å². The molecule has 1 fully saturated rings. The number of nitrogens with zero attached hydrogens (tertiary/aromatic N) is 3. The van der Waals surface area contributed by atoms with Crippen molar-refractivity contribution in [2.75, 3.05) is 0 Å². The lowest BCUT2D eigenvalue weighted by atomic mass is 10.2. The second-order valence-electron chi connectivity index (χ2n) is 4.18. The van der Waals surface area contributed by atoms with E-state index >= 15 is 0 Å². The summed E-state index contributed by atoms with van der Waals surface area (Å²) in [4.78, 5) is 2.76. The molecule has 0 aromatic heterocycles. The Hall–Kier alpha value is -1.55. The SMILES string of the molecule is [N-]=[N+]=N[C@@H]1[C@@H](O)CC[C@H]1OCc1ccccc1. The average molecular weight is 233 g/mol. The number of rotatable bonds is 4. The van der Waals surface area contributed by atoms with Gasteiger partial charge in [0.05, 0.1) is 24.9 Å². The van der Waals surface area contributed by atoms with Gasteiger partial charge >= 0.3 is 0 Å². The minimum absolute atomic E-state index is 0.180. The van der Waals surface area contributed by atoms with Crippen LogP contribution in [-0.2, 0) is 11.3 Å². The van der Waals surface area contributed by atoms with Crippen molar-refractivity contribution in [1.29, 1.82) is 0 Å². The molecular formula is C12H15N3O2. The zero-order valence-corrected chi connectivity index (χ0v) is 9.44. The molecule has 0 spiro atoms. The van der Waals surface area contributed by atoms with Crippen molar-refractivity contribution in [3.05, 3.63) is 46.3 Å². The van der Waals surface area contributed by atoms with Gasteiger partial charge in [0.15, 0.2) is 0 Å². The van der Waals surface area contributed by atoms with E-state index in [1.807, 2.05) is 30.3 Å². The van der Waals surface area contributed by atoms with E-state index in [-0.39, 0.29) is 6.10 Å². The van der Waals surface area contributed by atoms with Gasteiger partial charge in [0, 0.05) is 4.91 Å². The van der Waals surface area contributed by atoms with Crippen molar-refractivity contribution in [3.8, 4) is 0 Å². The standard InChI is InChI=1S/C12H15N3O2/c13-15-14-12-10(16)6-7-11(12)17-8-9-4-2-1-3-5-9/h1-5,10-12,16H,6-8H2/t10-,11+,12+/m0/s1. The van der Waals surface area contributed by atoms with Crippen LogP contribution >= 0.6 is 0 Å². The summed E-state index contributed by atoms with van der Waals surface area (Å²) >= 11 is 0. The highest BCUT2D eigenvalue weighted by atomic mass is 16.5. The maximum Gasteiger partial charge on any atom is 0.0895 e. The quantitative estimate of drug-likeness (QED) is 0.492. The van der Waals surface area contributed by atoms with Crippen LogP contribution in [0.5, 0.6) is 0 Å². The van der Waals surface area contributed by atoms with Crippen LogP contribution in [0.25, 0.3) is 10.4 Å². The highest BCUT2D eigenvalue weighted by Crippen LogP contribution is 2.26. The lowest BCUT2D eigenvalue weighted by Gasteiger charge is -2.17. The van der Waals surface area contributed by atoms with Crippen LogP contribution in [0.1, 0.15) is 18.4 Å². The highest BCUT2D eigenvalue weighted by Gasteiger charge is 2.34. The summed E-state index contributed by atoms with van der Waals surface area (Å²) in [5, 5.41) is 13.2. The Morgan fingerprint density at radius 2 is 2.12 bits per heavy atom. The number of benzene rings is 1. The van der Waals surface area contributed by atoms with Crippen molar-refractivity contribution < 1.29 is 9.84 Å². The molecule has 0 saturated heterocycles. The van der Waals surface area contributed by atoms with Gasteiger partial charge < -0.3 is 9.84 Å². The molecule has 5 nitrogen and oxygen atoms in total. The van der Waals surface area contributed by atoms with E-state index in [1.54, 1.807) is 0 Å². The van der Waals surface area contributed by atoms with E-state index in [0.29, 0.717) is 13.0 Å². The van der Waals surface area contributed by atoms with Gasteiger partial charge in [-0.2, -0.15) is 0 Å². The Kier molecular flexibility index (Phi) is 3.98. The molecule has 1 aromatic carbocycles. The van der Waals surface area contributed by atoms with Crippen molar-refractivity contribution >= 4 is 0 Å². The third-order valence-electron chi connectivity index (χ3n) is 3.01. The summed E-state index contributed by atoms with van der Waals surface area (Å²) in [5.41, 5.74) is 9.52. The molecule has 1 aliphatic rings. The first kappa shape index (κ1) is 11.9. The molecule has 0 bridgehead atoms. The number of aliphatic hydroxyl groups excluding tert-OH is 1. The molecule has 5 heteroatoms. The monoisotopic (exact) mass is 233 g/mol. The predicted octanol–water partition coefficient (Wildman–Crippen LogP) is 2.41. The van der Waals surface area contributed by atoms with Crippen LogP contribution in [0.4, 0.5) is 0 Å². The topological polar surface area (TPSA) is 78.2 Å². The number of hydrogen-bond donors (Lipinski definition) is 1. The van der Waals surface area contributed by atoms with Crippen LogP contribution < -0.4 is 0 Å². The maximum absolute atomic E-state index is 9.64. The molecule has 1 aliphatic carbocycles. The van der Waals surface area contributed by atoms with Crippen LogP contribution in [0, 0.1) is 0 Å². The number of azide groups is 1. The first-order chi connectivity index (χ1) is 8.31. The molecule has 0 amide bonds. The third kappa shape index (κ3) is 2.97. The van der Waals surface area contributed by atoms with Gasteiger partial charge in [-0.15, -0.1) is 0 Å². The lowest BCUT2D eigenvalue weighted by Crippen LogP contribution is -2.28. The molecule has 2 rings (SSSR count). The lowest BCUT2D eigenvalue weighted by molar-refractivity contribution is 0.0217. The third-order valence-corrected chi connectivity index (χ3v) is 3.01. The molecule has 0 heterocycles. The van der Waals surface area contributed by atoms with E-state index in [2.05, 4.69) is 10.0 Å². The molecule has 1 aromatic rings. The minimum Gasteiger partial charge on any atom is -0.393 e. The summed E-state index contributed by atoms with van der Waals surface area (Å²) in [6, 6.07) is 9.36. The van der Waals surface area contributed by atoms with Gasteiger partial charge in [0.1, 0.15) is 0 Å². The van der Waals surface area contributed by atoms with Crippen molar-refractivity contribution in [1.82, 2.24) is 0 Å². The smallest absolute Gasteiger partial charge is 0.0895 e. The molecule has 0 unspecified atom stereocenters. The van der Waals surface area contributed by atoms with Gasteiger partial charge in [-0.25, -0.2) is 0 Å². The van der Waals surface area contributed by atoms with Crippen molar-refractivity contribution in [3.63, 3.8) is 0 Å². The van der Waals surface area contributed by atoms with Crippen LogP contribution in [-0.4, -0.2) is 23.4 Å². The maximum atomic E-state index is 9.64. The zero-order valence-electron chi connectivity index (χ0n) is 9.44. The number of hydrogen-bond acceptors (Lipinski definition) is 3. The van der Waals surface area contributed by atoms with Gasteiger partial charge in [0.2, 0.25) is 0 Å². The largest absolute Gasteiger partial charge is 0.393 e. The van der Waals surface area contributed by atoms with Crippen LogP contribution in [0.15, 0.2) is 35.4 Å². The van der Waals surface area contributed by atoms with Gasteiger partial charge in [-0.3, -0.25) is 0 Å². The van der Waals surface area contributed by atoms with Gasteiger partial charge in [-0.1, -0.05) is 35.4 Å². The molecule has 0 radical (unpaired) electrons. The molecule has 90 valence electrons. The first-order valence-corrected chi connectivity index (χ1v) is 5.69. The van der Waals surface area contributed by atoms with Crippen LogP contribution in [0.2, 0.25) is 0 Å². The van der Waals surface area contributed by atoms with E-state index in [1.165, 1.54) is 0 Å². The molecule has 1 N–H and O–H groups in total. The molecule has 3 atom stereocenters. The van der Waals surface area contributed by atoms with Crippen LogP contribution in [0.3, 0.4) is 0 Å². The fourth-order valence-corrected chi connectivity index (χ4v) is 2.09. The van der Waals surface area contributed by atoms with Gasteiger partial charge in [0.25, 0.3) is 0 Å². The molecule has 1 saturated carbocycles. The summed E-state index contributed by atoms with van der Waals surface area (Å²) in [6.45, 7) is 0.482. The minimum atomic E-state index is -0.577. The first-order valence-electron chi connectivity index (χ1n) is 5.69. The molecule has 17 heavy (non-hydrogen) atoms. The summed E-state index contributed by atoms with van der Waals surface area (Å²) in [6.07, 6.45) is 0.605. The Labute approximate surface area is 99.7 Å². The average Bonchev–Trinajstić information content (AvgIpc) is 2.70. The predicted molar refractivity (Wildman–Crippen MR) is 63.2 cm³/mol. The van der Waals surface area contributed by atoms with Crippen molar-refractivity contribution in [2.24, 2.45) is 5.11 Å². The van der Waals surface area contributed by atoms with Gasteiger partial charge in [-0.05, 0) is 23.9 Å². The molecule has 0 aliphatic heterocycles. The zero-order chi connectivity index (χ0) is 12.1. The Balaban J connectivity index is 1.93.